The van der Waals surface area contributed by atoms with Crippen molar-refractivity contribution in [1.82, 2.24) is 29.5 Å². The van der Waals surface area contributed by atoms with Gasteiger partial charge in [-0.15, -0.1) is 0 Å². The van der Waals surface area contributed by atoms with Gasteiger partial charge in [-0.3, -0.25) is 4.57 Å². The summed E-state index contributed by atoms with van der Waals surface area (Å²) in [4.78, 5) is 28.9. The number of ether oxygens (including phenoxy) is 1. The number of aliphatic hydroxyl groups excluding tert-OH is 3. The van der Waals surface area contributed by atoms with E-state index in [1.165, 1.54) is 23.4 Å². The quantitative estimate of drug-likeness (QED) is 0.231. The molecule has 0 radical (unpaired) electrons. The Balaban J connectivity index is 1.49. The van der Waals surface area contributed by atoms with Crippen LogP contribution < -0.4 is 5.32 Å². The van der Waals surface area contributed by atoms with Crippen LogP contribution >= 0.6 is 0 Å². The van der Waals surface area contributed by atoms with Crippen molar-refractivity contribution in [3.8, 4) is 0 Å². The molecule has 1 saturated heterocycles. The van der Waals surface area contributed by atoms with Crippen molar-refractivity contribution < 1.29 is 25.0 Å². The fourth-order valence-corrected chi connectivity index (χ4v) is 3.16. The lowest BCUT2D eigenvalue weighted by molar-refractivity contribution is -0.393. The highest BCUT2D eigenvalue weighted by atomic mass is 16.6. The molecule has 0 spiro atoms. The number of aliphatic hydroxyl groups is 3. The zero-order valence-electron chi connectivity index (χ0n) is 14.9. The molecule has 0 unspecified atom stereocenters. The number of H-pyrrole nitrogens is 1. The molecule has 14 heteroatoms. The molecule has 1 aliphatic heterocycles. The molecule has 3 aromatic heterocycles. The lowest BCUT2D eigenvalue weighted by Crippen LogP contribution is -2.33. The SMILES string of the molecule is O=[N+]([O-])c1ncc(CCNc2ncnc3c2ncn3[C@@H]2O[C@H](CO)[C@@H](O)[C@H]2O)[nH]1. The Hall–Kier alpha value is -3.20. The van der Waals surface area contributed by atoms with Crippen molar-refractivity contribution in [2.24, 2.45) is 0 Å². The monoisotopic (exact) mass is 406 g/mol. The van der Waals surface area contributed by atoms with Crippen LogP contribution in [0.5, 0.6) is 0 Å². The van der Waals surface area contributed by atoms with Crippen LogP contribution in [0.4, 0.5) is 11.8 Å². The molecule has 4 rings (SSSR count). The van der Waals surface area contributed by atoms with Crippen LogP contribution in [0.15, 0.2) is 18.9 Å². The fourth-order valence-electron chi connectivity index (χ4n) is 3.16. The van der Waals surface area contributed by atoms with E-state index in [2.05, 4.69) is 30.2 Å². The Bertz CT molecular complexity index is 1020. The fraction of sp³-hybridized carbons (Fsp3) is 0.467. The van der Waals surface area contributed by atoms with Gasteiger partial charge in [0.15, 0.2) is 23.2 Å². The molecule has 5 N–H and O–H groups in total. The molecule has 0 aliphatic carbocycles. The van der Waals surface area contributed by atoms with E-state index in [1.54, 1.807) is 0 Å². The van der Waals surface area contributed by atoms with Gasteiger partial charge in [0.1, 0.15) is 36.5 Å². The number of nitrogens with zero attached hydrogens (tertiary/aromatic N) is 6. The van der Waals surface area contributed by atoms with E-state index in [0.29, 0.717) is 35.6 Å². The van der Waals surface area contributed by atoms with E-state index in [9.17, 15) is 25.4 Å². The van der Waals surface area contributed by atoms with E-state index in [-0.39, 0.29) is 5.95 Å². The van der Waals surface area contributed by atoms with Crippen molar-refractivity contribution in [3.05, 3.63) is 34.7 Å². The van der Waals surface area contributed by atoms with Gasteiger partial charge in [-0.05, 0) is 4.92 Å². The standard InChI is InChI=1S/C15H18N8O6/c24-4-8-10(25)11(26)14(29-8)22-6-20-9-12(18-5-19-13(9)22)16-2-1-7-3-17-15(21-7)23(27)28/h3,5-6,8,10-11,14,24-26H,1-2,4H2,(H,17,21)(H,16,18,19)/t8-,10-,11-,14-/m1/s1. The summed E-state index contributed by atoms with van der Waals surface area (Å²) in [5, 5.41) is 43.2. The second-order valence-corrected chi connectivity index (χ2v) is 6.44. The topological polar surface area (TPSA) is 197 Å². The number of nitro groups is 1. The molecule has 1 fully saturated rings. The zero-order chi connectivity index (χ0) is 20.5. The highest BCUT2D eigenvalue weighted by Gasteiger charge is 2.44. The van der Waals surface area contributed by atoms with Crippen molar-refractivity contribution in [1.29, 1.82) is 0 Å². The molecular weight excluding hydrogens is 388 g/mol. The number of fused-ring (bicyclic) bond motifs is 1. The molecule has 3 aromatic rings. The summed E-state index contributed by atoms with van der Waals surface area (Å²) < 4.78 is 6.98. The number of nitrogens with one attached hydrogen (secondary N) is 2. The molecular formula is C15H18N8O6. The summed E-state index contributed by atoms with van der Waals surface area (Å²) in [5.74, 6) is 0.108. The summed E-state index contributed by atoms with van der Waals surface area (Å²) in [5.41, 5.74) is 1.38. The van der Waals surface area contributed by atoms with Crippen LogP contribution in [0, 0.1) is 10.1 Å². The van der Waals surface area contributed by atoms with E-state index < -0.39 is 36.1 Å². The average molecular weight is 406 g/mol. The number of imidazole rings is 2. The summed E-state index contributed by atoms with van der Waals surface area (Å²) in [6.07, 6.45) is 0.181. The Morgan fingerprint density at radius 1 is 1.28 bits per heavy atom. The van der Waals surface area contributed by atoms with Crippen molar-refractivity contribution >= 4 is 22.9 Å². The number of rotatable bonds is 7. The molecule has 154 valence electrons. The number of anilines is 1. The van der Waals surface area contributed by atoms with Crippen molar-refractivity contribution in [2.75, 3.05) is 18.5 Å². The first kappa shape index (κ1) is 19.1. The Labute approximate surface area is 162 Å². The maximum atomic E-state index is 10.7. The van der Waals surface area contributed by atoms with Crippen LogP contribution in [0.1, 0.15) is 11.9 Å². The number of hydrogen-bond donors (Lipinski definition) is 5. The minimum absolute atomic E-state index is 0.318. The third-order valence-electron chi connectivity index (χ3n) is 4.62. The second kappa shape index (κ2) is 7.67. The van der Waals surface area contributed by atoms with E-state index >= 15 is 0 Å². The highest BCUT2D eigenvalue weighted by molar-refractivity contribution is 5.82. The lowest BCUT2D eigenvalue weighted by atomic mass is 10.1. The van der Waals surface area contributed by atoms with Crippen LogP contribution in [0.2, 0.25) is 0 Å². The Kier molecular flexibility index (Phi) is 5.06. The van der Waals surface area contributed by atoms with Gasteiger partial charge in [0.25, 0.3) is 0 Å². The second-order valence-electron chi connectivity index (χ2n) is 6.44. The number of hydrogen-bond acceptors (Lipinski definition) is 11. The molecule has 4 heterocycles. The smallest absolute Gasteiger partial charge is 0.394 e. The first-order valence-electron chi connectivity index (χ1n) is 8.71. The zero-order valence-corrected chi connectivity index (χ0v) is 14.9. The molecule has 1 aliphatic rings. The summed E-state index contributed by atoms with van der Waals surface area (Å²) in [6.45, 7) is -0.0406. The highest BCUT2D eigenvalue weighted by Crippen LogP contribution is 2.32. The average Bonchev–Trinajstić information content (AvgIpc) is 3.41. The summed E-state index contributed by atoms with van der Waals surface area (Å²) >= 11 is 0. The van der Waals surface area contributed by atoms with Crippen LogP contribution in [0.3, 0.4) is 0 Å². The molecule has 14 nitrogen and oxygen atoms in total. The van der Waals surface area contributed by atoms with Crippen molar-refractivity contribution in [3.63, 3.8) is 0 Å². The summed E-state index contributed by atoms with van der Waals surface area (Å²) in [6, 6.07) is 0. The molecule has 0 bridgehead atoms. The van der Waals surface area contributed by atoms with Gasteiger partial charge < -0.3 is 35.5 Å². The Morgan fingerprint density at radius 3 is 2.79 bits per heavy atom. The largest absolute Gasteiger partial charge is 0.432 e. The first-order chi connectivity index (χ1) is 14.0. The number of aromatic amines is 1. The lowest BCUT2D eigenvalue weighted by Gasteiger charge is -2.16. The predicted octanol–water partition coefficient (Wildman–Crippen LogP) is -1.28. The van der Waals surface area contributed by atoms with Gasteiger partial charge in [-0.1, -0.05) is 4.98 Å². The van der Waals surface area contributed by atoms with Gasteiger partial charge >= 0.3 is 5.95 Å². The molecule has 29 heavy (non-hydrogen) atoms. The van der Waals surface area contributed by atoms with Gasteiger partial charge in [0.2, 0.25) is 0 Å². The minimum atomic E-state index is -1.26. The van der Waals surface area contributed by atoms with Gasteiger partial charge in [-0.2, -0.15) is 0 Å². The van der Waals surface area contributed by atoms with Crippen LogP contribution in [-0.4, -0.2) is 81.2 Å². The van der Waals surface area contributed by atoms with Gasteiger partial charge in [0.05, 0.1) is 12.9 Å². The maximum Gasteiger partial charge on any atom is 0.432 e. The normalized spacial score (nSPS) is 24.2. The molecule has 0 saturated carbocycles. The summed E-state index contributed by atoms with van der Waals surface area (Å²) in [7, 11) is 0. The number of aromatic nitrogens is 6. The van der Waals surface area contributed by atoms with E-state index in [0.717, 1.165) is 0 Å². The van der Waals surface area contributed by atoms with E-state index in [1.807, 2.05) is 0 Å². The van der Waals surface area contributed by atoms with Gasteiger partial charge in [0, 0.05) is 13.0 Å². The van der Waals surface area contributed by atoms with Crippen LogP contribution in [-0.2, 0) is 11.2 Å². The predicted molar refractivity (Wildman–Crippen MR) is 95.8 cm³/mol. The molecule has 0 amide bonds. The minimum Gasteiger partial charge on any atom is -0.394 e. The first-order valence-corrected chi connectivity index (χ1v) is 8.71. The van der Waals surface area contributed by atoms with Gasteiger partial charge in [-0.25, -0.2) is 19.9 Å². The Morgan fingerprint density at radius 2 is 2.10 bits per heavy atom. The maximum absolute atomic E-state index is 10.7. The van der Waals surface area contributed by atoms with E-state index in [4.69, 9.17) is 4.74 Å². The molecule has 4 atom stereocenters. The van der Waals surface area contributed by atoms with Crippen molar-refractivity contribution in [2.45, 2.75) is 31.0 Å². The van der Waals surface area contributed by atoms with Crippen LogP contribution in [0.25, 0.3) is 11.2 Å². The third-order valence-corrected chi connectivity index (χ3v) is 4.62. The molecule has 0 aromatic carbocycles. The third kappa shape index (κ3) is 3.49.